The van der Waals surface area contributed by atoms with Crippen molar-refractivity contribution in [3.05, 3.63) is 24.3 Å². The molecule has 1 aliphatic carbocycles. The molecule has 0 amide bonds. The molecular formula is C17H26F2N2O3S. The summed E-state index contributed by atoms with van der Waals surface area (Å²) in [4.78, 5) is 0. The first kappa shape index (κ1) is 19.9. The zero-order valence-corrected chi connectivity index (χ0v) is 15.4. The van der Waals surface area contributed by atoms with Gasteiger partial charge in [0.2, 0.25) is 10.0 Å². The highest BCUT2D eigenvalue weighted by atomic mass is 32.2. The van der Waals surface area contributed by atoms with Gasteiger partial charge in [-0.25, -0.2) is 13.1 Å². The summed E-state index contributed by atoms with van der Waals surface area (Å²) in [6.45, 7) is 1.31. The predicted octanol–water partition coefficient (Wildman–Crippen LogP) is 3.59. The summed E-state index contributed by atoms with van der Waals surface area (Å²) in [7, 11) is -3.21. The van der Waals surface area contributed by atoms with Crippen molar-refractivity contribution >= 4 is 15.7 Å². The van der Waals surface area contributed by atoms with Crippen LogP contribution in [-0.4, -0.2) is 32.9 Å². The van der Waals surface area contributed by atoms with Crippen LogP contribution in [0, 0.1) is 5.92 Å². The van der Waals surface area contributed by atoms with Crippen molar-refractivity contribution in [1.29, 1.82) is 0 Å². The van der Waals surface area contributed by atoms with E-state index in [1.54, 1.807) is 26.0 Å². The van der Waals surface area contributed by atoms with Crippen LogP contribution in [0.5, 0.6) is 5.75 Å². The first-order valence-corrected chi connectivity index (χ1v) is 10.1. The lowest BCUT2D eigenvalue weighted by molar-refractivity contribution is -0.0498. The number of halogens is 2. The summed E-state index contributed by atoms with van der Waals surface area (Å²) >= 11 is 0. The molecule has 1 aliphatic rings. The minimum Gasteiger partial charge on any atom is -0.435 e. The molecule has 0 aliphatic heterocycles. The number of ether oxygens (including phenoxy) is 1. The fourth-order valence-corrected chi connectivity index (χ4v) is 3.84. The minimum absolute atomic E-state index is 0.0226. The highest BCUT2D eigenvalue weighted by molar-refractivity contribution is 7.90. The highest BCUT2D eigenvalue weighted by Gasteiger charge is 2.26. The Morgan fingerprint density at radius 1 is 1.12 bits per heavy atom. The van der Waals surface area contributed by atoms with Gasteiger partial charge in [0.05, 0.1) is 5.25 Å². The summed E-state index contributed by atoms with van der Waals surface area (Å²) in [5, 5.41) is 2.88. The first-order valence-electron chi connectivity index (χ1n) is 8.56. The molecule has 0 saturated heterocycles. The van der Waals surface area contributed by atoms with Gasteiger partial charge in [-0.15, -0.1) is 0 Å². The van der Waals surface area contributed by atoms with E-state index >= 15 is 0 Å². The van der Waals surface area contributed by atoms with Crippen LogP contribution < -0.4 is 14.8 Å². The van der Waals surface area contributed by atoms with E-state index in [4.69, 9.17) is 0 Å². The van der Waals surface area contributed by atoms with Gasteiger partial charge in [-0.3, -0.25) is 0 Å². The van der Waals surface area contributed by atoms with Crippen molar-refractivity contribution in [3.8, 4) is 5.75 Å². The molecule has 5 nitrogen and oxygen atoms in total. The molecule has 25 heavy (non-hydrogen) atoms. The molecule has 0 heterocycles. The van der Waals surface area contributed by atoms with Crippen LogP contribution in [0.2, 0.25) is 0 Å². The maximum absolute atomic E-state index is 12.1. The van der Waals surface area contributed by atoms with E-state index in [0.717, 1.165) is 37.9 Å². The molecular weight excluding hydrogens is 350 g/mol. The summed E-state index contributed by atoms with van der Waals surface area (Å²) in [6, 6.07) is 6.45. The topological polar surface area (TPSA) is 67.4 Å². The maximum atomic E-state index is 12.1. The molecule has 2 rings (SSSR count). The van der Waals surface area contributed by atoms with Crippen LogP contribution in [-0.2, 0) is 10.0 Å². The molecule has 1 fully saturated rings. The number of rotatable bonds is 8. The van der Waals surface area contributed by atoms with Crippen molar-refractivity contribution < 1.29 is 21.9 Å². The van der Waals surface area contributed by atoms with Gasteiger partial charge in [0.15, 0.2) is 0 Å². The van der Waals surface area contributed by atoms with Gasteiger partial charge in [0.25, 0.3) is 0 Å². The Bertz CT molecular complexity index is 628. The number of hydrogen-bond donors (Lipinski definition) is 2. The molecule has 0 unspecified atom stereocenters. The van der Waals surface area contributed by atoms with Crippen molar-refractivity contribution in [1.82, 2.24) is 4.72 Å². The number of alkyl halides is 2. The van der Waals surface area contributed by atoms with E-state index in [0.29, 0.717) is 5.92 Å². The number of nitrogens with one attached hydrogen (secondary N) is 2. The number of hydrogen-bond acceptors (Lipinski definition) is 4. The third-order valence-corrected chi connectivity index (χ3v) is 6.38. The molecule has 8 heteroatoms. The maximum Gasteiger partial charge on any atom is 0.387 e. The molecule has 1 aromatic rings. The fourth-order valence-electron chi connectivity index (χ4n) is 2.87. The highest BCUT2D eigenvalue weighted by Crippen LogP contribution is 2.26. The van der Waals surface area contributed by atoms with Crippen LogP contribution in [0.1, 0.15) is 39.5 Å². The summed E-state index contributed by atoms with van der Waals surface area (Å²) in [5.41, 5.74) is 0.851. The molecule has 2 N–H and O–H groups in total. The van der Waals surface area contributed by atoms with E-state index in [2.05, 4.69) is 14.8 Å². The number of sulfonamides is 1. The Morgan fingerprint density at radius 2 is 1.72 bits per heavy atom. The minimum atomic E-state index is -3.21. The molecule has 0 atom stereocenters. The number of anilines is 1. The lowest BCUT2D eigenvalue weighted by atomic mass is 9.86. The fraction of sp³-hybridized carbons (Fsp3) is 0.647. The van der Waals surface area contributed by atoms with Gasteiger partial charge in [-0.05, 0) is 69.7 Å². The molecule has 0 spiro atoms. The monoisotopic (exact) mass is 376 g/mol. The second-order valence-corrected chi connectivity index (χ2v) is 8.98. The van der Waals surface area contributed by atoms with Crippen molar-refractivity contribution in [2.45, 2.75) is 57.4 Å². The Morgan fingerprint density at radius 3 is 2.24 bits per heavy atom. The second kappa shape index (κ2) is 8.80. The van der Waals surface area contributed by atoms with E-state index in [-0.39, 0.29) is 11.8 Å². The van der Waals surface area contributed by atoms with Gasteiger partial charge in [0.1, 0.15) is 5.75 Å². The Hall–Kier alpha value is -1.41. The van der Waals surface area contributed by atoms with Crippen LogP contribution in [0.25, 0.3) is 0 Å². The van der Waals surface area contributed by atoms with Crippen molar-refractivity contribution in [3.63, 3.8) is 0 Å². The predicted molar refractivity (Wildman–Crippen MR) is 94.5 cm³/mol. The molecule has 0 bridgehead atoms. The third-order valence-electron chi connectivity index (χ3n) is 4.47. The summed E-state index contributed by atoms with van der Waals surface area (Å²) < 4.78 is 55.1. The zero-order valence-electron chi connectivity index (χ0n) is 14.5. The smallest absolute Gasteiger partial charge is 0.387 e. The Labute approximate surface area is 148 Å². The van der Waals surface area contributed by atoms with E-state index in [1.165, 1.54) is 12.1 Å². The van der Waals surface area contributed by atoms with Crippen LogP contribution >= 0.6 is 0 Å². The quantitative estimate of drug-likeness (QED) is 0.728. The van der Waals surface area contributed by atoms with Crippen LogP contribution in [0.4, 0.5) is 14.5 Å². The van der Waals surface area contributed by atoms with Gasteiger partial charge < -0.3 is 10.1 Å². The van der Waals surface area contributed by atoms with Crippen LogP contribution in [0.3, 0.4) is 0 Å². The molecule has 0 radical (unpaired) electrons. The lowest BCUT2D eigenvalue weighted by Crippen LogP contribution is -2.41. The van der Waals surface area contributed by atoms with E-state index in [1.807, 2.05) is 0 Å². The zero-order chi connectivity index (χ0) is 18.4. The van der Waals surface area contributed by atoms with Crippen molar-refractivity contribution in [2.24, 2.45) is 5.92 Å². The van der Waals surface area contributed by atoms with Crippen LogP contribution in [0.15, 0.2) is 24.3 Å². The molecule has 142 valence electrons. The summed E-state index contributed by atoms with van der Waals surface area (Å²) in [5.74, 6) is 0.607. The molecule has 0 aromatic heterocycles. The first-order chi connectivity index (χ1) is 11.8. The molecule has 1 aromatic carbocycles. The van der Waals surface area contributed by atoms with Gasteiger partial charge in [0, 0.05) is 18.3 Å². The SMILES string of the molecule is CC(C)S(=O)(=O)NC1CCC(CNc2ccc(OC(F)F)cc2)CC1. The average molecular weight is 376 g/mol. The van der Waals surface area contributed by atoms with Gasteiger partial charge in [-0.2, -0.15) is 8.78 Å². The lowest BCUT2D eigenvalue weighted by Gasteiger charge is -2.29. The number of benzene rings is 1. The molecule has 1 saturated carbocycles. The second-order valence-electron chi connectivity index (χ2n) is 6.71. The Balaban J connectivity index is 1.73. The Kier molecular flexibility index (Phi) is 7.01. The summed E-state index contributed by atoms with van der Waals surface area (Å²) in [6.07, 6.45) is 3.56. The van der Waals surface area contributed by atoms with Crippen molar-refractivity contribution in [2.75, 3.05) is 11.9 Å². The average Bonchev–Trinajstić information content (AvgIpc) is 2.54. The van der Waals surface area contributed by atoms with E-state index < -0.39 is 21.9 Å². The van der Waals surface area contributed by atoms with Gasteiger partial charge >= 0.3 is 6.61 Å². The van der Waals surface area contributed by atoms with E-state index in [9.17, 15) is 17.2 Å². The normalized spacial score (nSPS) is 21.5. The standard InChI is InChI=1S/C17H26F2N2O3S/c1-12(2)25(22,23)21-15-5-3-13(4-6-15)11-20-14-7-9-16(10-8-14)24-17(18)19/h7-10,12-13,15,17,20-21H,3-6,11H2,1-2H3. The van der Waals surface area contributed by atoms with Gasteiger partial charge in [-0.1, -0.05) is 0 Å². The largest absolute Gasteiger partial charge is 0.435 e. The third kappa shape index (κ3) is 6.43.